The van der Waals surface area contributed by atoms with Gasteiger partial charge in [0.25, 0.3) is 0 Å². The van der Waals surface area contributed by atoms with Gasteiger partial charge in [0, 0.05) is 17.0 Å². The largest absolute Gasteiger partial charge is 0.508 e. The molecule has 0 aliphatic rings. The van der Waals surface area contributed by atoms with E-state index in [1.54, 1.807) is 18.2 Å². The average Bonchev–Trinajstić information content (AvgIpc) is 2.45. The molecular weight excluding hydrogens is 256 g/mol. The first-order valence-electron chi connectivity index (χ1n) is 6.21. The van der Waals surface area contributed by atoms with Crippen LogP contribution in [0.25, 0.3) is 21.5 Å². The molecule has 0 atom stereocenters. The van der Waals surface area contributed by atoms with Gasteiger partial charge < -0.3 is 20.1 Å². The molecule has 0 bridgehead atoms. The number of aromatic hydroxyl groups is 2. The fourth-order valence-corrected chi connectivity index (χ4v) is 2.58. The molecule has 3 N–H and O–H groups in total. The van der Waals surface area contributed by atoms with Crippen LogP contribution < -0.4 is 4.74 Å². The van der Waals surface area contributed by atoms with Gasteiger partial charge in [-0.3, -0.25) is 0 Å². The molecule has 20 heavy (non-hydrogen) atoms. The van der Waals surface area contributed by atoms with Crippen molar-refractivity contribution in [2.45, 2.75) is 6.61 Å². The molecule has 0 heterocycles. The zero-order valence-electron chi connectivity index (χ0n) is 10.9. The van der Waals surface area contributed by atoms with Crippen molar-refractivity contribution in [3.63, 3.8) is 0 Å². The van der Waals surface area contributed by atoms with Crippen LogP contribution in [0.2, 0.25) is 0 Å². The van der Waals surface area contributed by atoms with Crippen LogP contribution in [-0.4, -0.2) is 22.4 Å². The fraction of sp³-hybridized carbons (Fsp3) is 0.125. The van der Waals surface area contributed by atoms with Crippen LogP contribution >= 0.6 is 0 Å². The Kier molecular flexibility index (Phi) is 2.88. The molecular formula is C16H14O4. The zero-order valence-corrected chi connectivity index (χ0v) is 10.9. The van der Waals surface area contributed by atoms with Gasteiger partial charge in [-0.05, 0) is 34.4 Å². The summed E-state index contributed by atoms with van der Waals surface area (Å²) in [4.78, 5) is 0. The third kappa shape index (κ3) is 1.73. The minimum atomic E-state index is -0.254. The molecule has 0 unspecified atom stereocenters. The number of aliphatic hydroxyl groups excluding tert-OH is 1. The second kappa shape index (κ2) is 4.58. The van der Waals surface area contributed by atoms with Crippen molar-refractivity contribution in [2.75, 3.05) is 7.11 Å². The summed E-state index contributed by atoms with van der Waals surface area (Å²) in [5.74, 6) is 0.734. The number of hydrogen-bond donors (Lipinski definition) is 3. The first-order chi connectivity index (χ1) is 9.65. The number of phenols is 2. The molecule has 4 nitrogen and oxygen atoms in total. The Bertz CT molecular complexity index is 809. The van der Waals surface area contributed by atoms with E-state index in [2.05, 4.69) is 0 Å². The smallest absolute Gasteiger partial charge is 0.131 e. The topological polar surface area (TPSA) is 69.9 Å². The molecule has 0 aromatic heterocycles. The van der Waals surface area contributed by atoms with E-state index in [1.165, 1.54) is 13.2 Å². The van der Waals surface area contributed by atoms with Crippen molar-refractivity contribution in [1.29, 1.82) is 0 Å². The third-order valence-corrected chi connectivity index (χ3v) is 3.53. The molecule has 0 radical (unpaired) electrons. The molecule has 0 saturated heterocycles. The number of rotatable bonds is 2. The van der Waals surface area contributed by atoms with Crippen molar-refractivity contribution in [3.05, 3.63) is 42.0 Å². The molecule has 3 rings (SSSR count). The molecule has 0 aliphatic carbocycles. The molecule has 0 fully saturated rings. The van der Waals surface area contributed by atoms with Gasteiger partial charge in [-0.25, -0.2) is 0 Å². The molecule has 102 valence electrons. The summed E-state index contributed by atoms with van der Waals surface area (Å²) in [5.41, 5.74) is 0.468. The quantitative estimate of drug-likeness (QED) is 0.626. The Morgan fingerprint density at radius 2 is 1.75 bits per heavy atom. The van der Waals surface area contributed by atoms with Crippen LogP contribution in [0.3, 0.4) is 0 Å². The number of methoxy groups -OCH3 is 1. The lowest BCUT2D eigenvalue weighted by molar-refractivity contribution is 0.277. The number of fused-ring (bicyclic) bond motifs is 3. The summed E-state index contributed by atoms with van der Waals surface area (Å²) in [6.45, 7) is -0.254. The summed E-state index contributed by atoms with van der Waals surface area (Å²) in [5, 5.41) is 32.3. The number of benzene rings is 3. The number of phenolic OH excluding ortho intramolecular Hbond substituents is 1. The Morgan fingerprint density at radius 1 is 1.00 bits per heavy atom. The zero-order chi connectivity index (χ0) is 14.3. The van der Waals surface area contributed by atoms with Crippen molar-refractivity contribution in [2.24, 2.45) is 0 Å². The summed E-state index contributed by atoms with van der Waals surface area (Å²) >= 11 is 0. The molecule has 4 heteroatoms. The normalized spacial score (nSPS) is 11.1. The van der Waals surface area contributed by atoms with E-state index in [-0.39, 0.29) is 18.1 Å². The van der Waals surface area contributed by atoms with Gasteiger partial charge in [0.2, 0.25) is 0 Å². The fourth-order valence-electron chi connectivity index (χ4n) is 2.58. The standard InChI is InChI=1S/C16H14O4/c1-20-15-7-14(19)13(8-17)12-4-2-9-6-10(18)3-5-11(9)16(12)15/h2-7,17-19H,8H2,1H3. The van der Waals surface area contributed by atoms with Gasteiger partial charge in [-0.2, -0.15) is 0 Å². The predicted octanol–water partition coefficient (Wildman–Crippen LogP) is 2.91. The van der Waals surface area contributed by atoms with Gasteiger partial charge in [0.05, 0.1) is 13.7 Å². The van der Waals surface area contributed by atoms with Gasteiger partial charge in [0.1, 0.15) is 17.2 Å². The second-order valence-corrected chi connectivity index (χ2v) is 4.63. The third-order valence-electron chi connectivity index (χ3n) is 3.53. The monoisotopic (exact) mass is 270 g/mol. The molecule has 0 saturated carbocycles. The van der Waals surface area contributed by atoms with Crippen LogP contribution in [0.5, 0.6) is 17.2 Å². The molecule has 3 aromatic rings. The molecule has 0 spiro atoms. The van der Waals surface area contributed by atoms with E-state index in [0.717, 1.165) is 21.5 Å². The maximum atomic E-state index is 9.96. The van der Waals surface area contributed by atoms with Crippen LogP contribution in [0.15, 0.2) is 36.4 Å². The highest BCUT2D eigenvalue weighted by Crippen LogP contribution is 2.40. The molecule has 3 aromatic carbocycles. The maximum absolute atomic E-state index is 9.96. The number of aliphatic hydroxyl groups is 1. The lowest BCUT2D eigenvalue weighted by atomic mass is 9.97. The highest BCUT2D eigenvalue weighted by atomic mass is 16.5. The van der Waals surface area contributed by atoms with E-state index in [0.29, 0.717) is 11.3 Å². The average molecular weight is 270 g/mol. The van der Waals surface area contributed by atoms with Gasteiger partial charge in [-0.15, -0.1) is 0 Å². The van der Waals surface area contributed by atoms with Gasteiger partial charge >= 0.3 is 0 Å². The second-order valence-electron chi connectivity index (χ2n) is 4.63. The van der Waals surface area contributed by atoms with E-state index in [1.807, 2.05) is 12.1 Å². The predicted molar refractivity (Wildman–Crippen MR) is 77.3 cm³/mol. The van der Waals surface area contributed by atoms with E-state index in [4.69, 9.17) is 4.74 Å². The van der Waals surface area contributed by atoms with Gasteiger partial charge in [-0.1, -0.05) is 12.1 Å². The van der Waals surface area contributed by atoms with Crippen LogP contribution in [-0.2, 0) is 6.61 Å². The lowest BCUT2D eigenvalue weighted by Crippen LogP contribution is -1.92. The van der Waals surface area contributed by atoms with Gasteiger partial charge in [0.15, 0.2) is 0 Å². The minimum Gasteiger partial charge on any atom is -0.508 e. The van der Waals surface area contributed by atoms with E-state index >= 15 is 0 Å². The SMILES string of the molecule is COc1cc(O)c(CO)c2ccc3cc(O)ccc3c12. The molecule has 0 aliphatic heterocycles. The Hall–Kier alpha value is -2.46. The highest BCUT2D eigenvalue weighted by Gasteiger charge is 2.14. The summed E-state index contributed by atoms with van der Waals surface area (Å²) in [6.07, 6.45) is 0. The van der Waals surface area contributed by atoms with Crippen LogP contribution in [0.1, 0.15) is 5.56 Å². The van der Waals surface area contributed by atoms with Crippen molar-refractivity contribution in [1.82, 2.24) is 0 Å². The van der Waals surface area contributed by atoms with Crippen molar-refractivity contribution < 1.29 is 20.1 Å². The maximum Gasteiger partial charge on any atom is 0.131 e. The summed E-state index contributed by atoms with van der Waals surface area (Å²) in [6, 6.07) is 10.2. The first kappa shape index (κ1) is 12.6. The minimum absolute atomic E-state index is 0.00924. The van der Waals surface area contributed by atoms with E-state index < -0.39 is 0 Å². The van der Waals surface area contributed by atoms with Crippen LogP contribution in [0.4, 0.5) is 0 Å². The van der Waals surface area contributed by atoms with Crippen molar-refractivity contribution >= 4 is 21.5 Å². The summed E-state index contributed by atoms with van der Waals surface area (Å²) in [7, 11) is 1.53. The van der Waals surface area contributed by atoms with Crippen molar-refractivity contribution in [3.8, 4) is 17.2 Å². The molecule has 0 amide bonds. The Labute approximate surface area is 115 Å². The highest BCUT2D eigenvalue weighted by molar-refractivity contribution is 6.12. The lowest BCUT2D eigenvalue weighted by Gasteiger charge is -2.13. The van der Waals surface area contributed by atoms with Crippen LogP contribution in [0, 0.1) is 0 Å². The number of ether oxygens (including phenoxy) is 1. The summed E-state index contributed by atoms with van der Waals surface area (Å²) < 4.78 is 5.34. The Balaban J connectivity index is 2.55. The van der Waals surface area contributed by atoms with E-state index in [9.17, 15) is 15.3 Å². The first-order valence-corrected chi connectivity index (χ1v) is 6.21. The number of hydrogen-bond acceptors (Lipinski definition) is 4. The Morgan fingerprint density at radius 3 is 2.45 bits per heavy atom.